The number of carbonyl (C=O) groups excluding carboxylic acids is 3. The summed E-state index contributed by atoms with van der Waals surface area (Å²) in [4.78, 5) is 51.8. The van der Waals surface area contributed by atoms with Crippen molar-refractivity contribution in [2.45, 2.75) is 65.6 Å². The standard InChI is InChI=1S/C23H33ClN6O5S/c1-6-13-18(24)29-19(26-13)21(32)27-14-9-10-30(11-15(14)34-7-2)23-28-16(20(31)25-12(4)5)17(36-23)22(33)35-8-3/h12,14-15H,6-11H2,1-5H3,(H,25,31)(H,26,29)(H,27,32)/t14-,15+/m1/s1. The van der Waals surface area contributed by atoms with Crippen molar-refractivity contribution in [1.82, 2.24) is 25.6 Å². The maximum atomic E-state index is 12.8. The van der Waals surface area contributed by atoms with Crippen molar-refractivity contribution in [1.29, 1.82) is 0 Å². The Kier molecular flexibility index (Phi) is 9.69. The molecule has 3 rings (SSSR count). The van der Waals surface area contributed by atoms with Gasteiger partial charge >= 0.3 is 5.97 Å². The lowest BCUT2D eigenvalue weighted by Crippen LogP contribution is -2.55. The van der Waals surface area contributed by atoms with Gasteiger partial charge in [0.15, 0.2) is 21.8 Å². The lowest BCUT2D eigenvalue weighted by atomic mass is 10.0. The molecule has 1 aliphatic heterocycles. The van der Waals surface area contributed by atoms with Crippen LogP contribution >= 0.6 is 22.9 Å². The number of aromatic amines is 1. The van der Waals surface area contributed by atoms with Crippen LogP contribution in [0.2, 0.25) is 5.15 Å². The van der Waals surface area contributed by atoms with Crippen LogP contribution in [0.1, 0.15) is 77.5 Å². The van der Waals surface area contributed by atoms with Crippen LogP contribution < -0.4 is 15.5 Å². The van der Waals surface area contributed by atoms with Crippen LogP contribution in [0.4, 0.5) is 5.13 Å². The number of esters is 1. The second-order valence-corrected chi connectivity index (χ2v) is 9.88. The molecule has 2 aromatic rings. The molecule has 0 radical (unpaired) electrons. The van der Waals surface area contributed by atoms with E-state index in [4.69, 9.17) is 21.1 Å². The maximum absolute atomic E-state index is 12.8. The Morgan fingerprint density at radius 3 is 2.56 bits per heavy atom. The Morgan fingerprint density at radius 2 is 1.94 bits per heavy atom. The summed E-state index contributed by atoms with van der Waals surface area (Å²) in [6.45, 7) is 10.8. The van der Waals surface area contributed by atoms with E-state index in [9.17, 15) is 14.4 Å². The topological polar surface area (TPSA) is 139 Å². The third kappa shape index (κ3) is 6.54. The molecule has 0 aliphatic carbocycles. The average Bonchev–Trinajstić information content (AvgIpc) is 3.44. The second kappa shape index (κ2) is 12.5. The third-order valence-electron chi connectivity index (χ3n) is 5.54. The van der Waals surface area contributed by atoms with Crippen LogP contribution in [0.3, 0.4) is 0 Å². The Hall–Kier alpha value is -2.70. The van der Waals surface area contributed by atoms with E-state index < -0.39 is 11.9 Å². The molecule has 0 spiro atoms. The number of H-pyrrole nitrogens is 1. The van der Waals surface area contributed by atoms with Crippen molar-refractivity contribution < 1.29 is 23.9 Å². The summed E-state index contributed by atoms with van der Waals surface area (Å²) in [6.07, 6.45) is 0.859. The number of amides is 2. The molecule has 0 unspecified atom stereocenters. The Bertz CT molecular complexity index is 1090. The van der Waals surface area contributed by atoms with Crippen LogP contribution in [0, 0.1) is 0 Å². The molecule has 3 heterocycles. The number of anilines is 1. The molecule has 13 heteroatoms. The number of rotatable bonds is 10. The van der Waals surface area contributed by atoms with Gasteiger partial charge in [-0.25, -0.2) is 14.8 Å². The Labute approximate surface area is 219 Å². The van der Waals surface area contributed by atoms with Crippen molar-refractivity contribution in [2.24, 2.45) is 0 Å². The predicted molar refractivity (Wildman–Crippen MR) is 137 cm³/mol. The van der Waals surface area contributed by atoms with E-state index in [2.05, 4.69) is 25.6 Å². The Morgan fingerprint density at radius 1 is 1.19 bits per heavy atom. The quantitative estimate of drug-likeness (QED) is 0.391. The van der Waals surface area contributed by atoms with E-state index in [1.165, 1.54) is 0 Å². The smallest absolute Gasteiger partial charge is 0.350 e. The molecule has 0 saturated carbocycles. The molecule has 3 N–H and O–H groups in total. The van der Waals surface area contributed by atoms with Gasteiger partial charge in [0.05, 0.1) is 24.4 Å². The first kappa shape index (κ1) is 27.9. The number of ether oxygens (including phenoxy) is 2. The van der Waals surface area contributed by atoms with Gasteiger partial charge in [-0.05, 0) is 40.5 Å². The lowest BCUT2D eigenvalue weighted by Gasteiger charge is -2.38. The van der Waals surface area contributed by atoms with Crippen LogP contribution in [-0.4, -0.2) is 77.2 Å². The summed E-state index contributed by atoms with van der Waals surface area (Å²) in [5.74, 6) is -1.20. The molecular weight excluding hydrogens is 508 g/mol. The van der Waals surface area contributed by atoms with Crippen molar-refractivity contribution in [3.8, 4) is 0 Å². The van der Waals surface area contributed by atoms with Gasteiger partial charge in [-0.3, -0.25) is 9.59 Å². The molecule has 0 bridgehead atoms. The zero-order valence-electron chi connectivity index (χ0n) is 21.1. The molecule has 0 aromatic carbocycles. The first-order valence-corrected chi connectivity index (χ1v) is 13.3. The van der Waals surface area contributed by atoms with E-state index in [1.54, 1.807) is 6.92 Å². The van der Waals surface area contributed by atoms with Gasteiger partial charge in [-0.2, -0.15) is 0 Å². The minimum atomic E-state index is -0.581. The summed E-state index contributed by atoms with van der Waals surface area (Å²) < 4.78 is 11.1. The zero-order valence-corrected chi connectivity index (χ0v) is 22.7. The largest absolute Gasteiger partial charge is 0.462 e. The predicted octanol–water partition coefficient (Wildman–Crippen LogP) is 2.81. The van der Waals surface area contributed by atoms with Gasteiger partial charge < -0.3 is 30.0 Å². The van der Waals surface area contributed by atoms with Gasteiger partial charge in [-0.1, -0.05) is 29.9 Å². The third-order valence-corrected chi connectivity index (χ3v) is 6.94. The fraction of sp³-hybridized carbons (Fsp3) is 0.609. The van der Waals surface area contributed by atoms with E-state index >= 15 is 0 Å². The molecular formula is C23H33ClN6O5S. The number of nitrogens with one attached hydrogen (secondary N) is 3. The first-order chi connectivity index (χ1) is 17.2. The minimum Gasteiger partial charge on any atom is -0.462 e. The molecule has 11 nitrogen and oxygen atoms in total. The fourth-order valence-electron chi connectivity index (χ4n) is 3.87. The summed E-state index contributed by atoms with van der Waals surface area (Å²) >= 11 is 7.20. The number of hydrogen-bond donors (Lipinski definition) is 3. The number of nitrogens with zero attached hydrogens (tertiary/aromatic N) is 3. The number of hydrogen-bond acceptors (Lipinski definition) is 9. The monoisotopic (exact) mass is 540 g/mol. The van der Waals surface area contributed by atoms with E-state index in [0.29, 0.717) is 43.4 Å². The van der Waals surface area contributed by atoms with Gasteiger partial charge in [0, 0.05) is 25.7 Å². The highest BCUT2D eigenvalue weighted by Gasteiger charge is 2.35. The van der Waals surface area contributed by atoms with Crippen LogP contribution in [-0.2, 0) is 15.9 Å². The molecule has 2 amide bonds. The highest BCUT2D eigenvalue weighted by molar-refractivity contribution is 7.17. The number of imidazole rings is 1. The van der Waals surface area contributed by atoms with Crippen molar-refractivity contribution in [3.63, 3.8) is 0 Å². The van der Waals surface area contributed by atoms with E-state index in [1.807, 2.05) is 32.6 Å². The SMILES string of the molecule is CCOC(=O)c1sc(N2CC[C@@H](NC(=O)c3nc(Cl)c(CC)[nH]3)[C@@H](OCC)C2)nc1C(=O)NC(C)C. The van der Waals surface area contributed by atoms with Gasteiger partial charge in [0.25, 0.3) is 11.8 Å². The van der Waals surface area contributed by atoms with E-state index in [0.717, 1.165) is 11.3 Å². The fourth-order valence-corrected chi connectivity index (χ4v) is 5.13. The number of aryl methyl sites for hydroxylation is 1. The van der Waals surface area contributed by atoms with Crippen LogP contribution in [0.5, 0.6) is 0 Å². The summed E-state index contributed by atoms with van der Waals surface area (Å²) in [6, 6.07) is -0.382. The number of thiazole rings is 1. The van der Waals surface area contributed by atoms with Gasteiger partial charge in [0.1, 0.15) is 4.88 Å². The van der Waals surface area contributed by atoms with Gasteiger partial charge in [-0.15, -0.1) is 0 Å². The summed E-state index contributed by atoms with van der Waals surface area (Å²) in [5.41, 5.74) is 0.753. The molecule has 2 atom stereocenters. The highest BCUT2D eigenvalue weighted by atomic mass is 35.5. The first-order valence-electron chi connectivity index (χ1n) is 12.1. The molecule has 1 aliphatic rings. The van der Waals surface area contributed by atoms with Crippen LogP contribution in [0.15, 0.2) is 0 Å². The highest BCUT2D eigenvalue weighted by Crippen LogP contribution is 2.30. The minimum absolute atomic E-state index is 0.0481. The van der Waals surface area contributed by atoms with Crippen molar-refractivity contribution in [3.05, 3.63) is 27.2 Å². The average molecular weight is 541 g/mol. The van der Waals surface area contributed by atoms with Crippen molar-refractivity contribution in [2.75, 3.05) is 31.2 Å². The number of piperidine rings is 1. The second-order valence-electron chi connectivity index (χ2n) is 8.54. The molecule has 1 fully saturated rings. The van der Waals surface area contributed by atoms with E-state index in [-0.39, 0.29) is 52.3 Å². The number of carbonyl (C=O) groups is 3. The van der Waals surface area contributed by atoms with Crippen LogP contribution in [0.25, 0.3) is 0 Å². The van der Waals surface area contributed by atoms with Gasteiger partial charge in [0.2, 0.25) is 0 Å². The normalized spacial score (nSPS) is 17.8. The van der Waals surface area contributed by atoms with Crippen molar-refractivity contribution >= 4 is 45.9 Å². The molecule has 198 valence electrons. The zero-order chi connectivity index (χ0) is 26.4. The molecule has 2 aromatic heterocycles. The summed E-state index contributed by atoms with van der Waals surface area (Å²) in [5, 5.41) is 6.59. The number of halogens is 1. The summed E-state index contributed by atoms with van der Waals surface area (Å²) in [7, 11) is 0. The number of aromatic nitrogens is 3. The maximum Gasteiger partial charge on any atom is 0.350 e. The lowest BCUT2D eigenvalue weighted by molar-refractivity contribution is 0.0271. The molecule has 1 saturated heterocycles. The molecule has 36 heavy (non-hydrogen) atoms. The Balaban J connectivity index is 1.78.